The van der Waals surface area contributed by atoms with E-state index in [1.165, 1.54) is 37.1 Å². The number of rotatable bonds is 6. The van der Waals surface area contributed by atoms with Gasteiger partial charge in [0.1, 0.15) is 5.75 Å². The molecule has 0 aliphatic carbocycles. The first kappa shape index (κ1) is 19.4. The third-order valence-corrected chi connectivity index (χ3v) is 4.20. The lowest BCUT2D eigenvalue weighted by Crippen LogP contribution is -2.41. The fraction of sp³-hybridized carbons (Fsp3) is 0.588. The Morgan fingerprint density at radius 1 is 1.28 bits per heavy atom. The van der Waals surface area contributed by atoms with Gasteiger partial charge in [0, 0.05) is 13.1 Å². The third kappa shape index (κ3) is 7.64. The van der Waals surface area contributed by atoms with E-state index in [0.717, 1.165) is 37.7 Å². The highest BCUT2D eigenvalue weighted by molar-refractivity contribution is 5.77. The molecule has 1 heterocycles. The van der Waals surface area contributed by atoms with Crippen molar-refractivity contribution < 1.29 is 17.9 Å². The highest BCUT2D eigenvalue weighted by Gasteiger charge is 2.30. The molecule has 140 valence electrons. The second-order valence-corrected chi connectivity index (χ2v) is 6.34. The fourth-order valence-electron chi connectivity index (χ4n) is 2.66. The normalized spacial score (nSPS) is 17.5. The number of nitrogens with zero attached hydrogens (tertiary/aromatic N) is 2. The van der Waals surface area contributed by atoms with Crippen molar-refractivity contribution in [2.75, 3.05) is 26.2 Å². The second-order valence-electron chi connectivity index (χ2n) is 6.34. The van der Waals surface area contributed by atoms with Gasteiger partial charge in [-0.25, -0.2) is 4.99 Å². The molecule has 1 aromatic carbocycles. The summed E-state index contributed by atoms with van der Waals surface area (Å²) in [4.78, 5) is 6.60. The van der Waals surface area contributed by atoms with Gasteiger partial charge in [-0.05, 0) is 49.5 Å². The van der Waals surface area contributed by atoms with E-state index < -0.39 is 6.36 Å². The largest absolute Gasteiger partial charge is 0.573 e. The molecule has 1 saturated heterocycles. The SMILES string of the molecule is CC1CCN(CCNC(N)=NCc2ccc(OC(F)(F)F)cc2)CC1. The minimum Gasteiger partial charge on any atom is -0.406 e. The van der Waals surface area contributed by atoms with Gasteiger partial charge in [-0.2, -0.15) is 0 Å². The van der Waals surface area contributed by atoms with Gasteiger partial charge in [0.2, 0.25) is 0 Å². The van der Waals surface area contributed by atoms with Gasteiger partial charge in [-0.1, -0.05) is 19.1 Å². The molecule has 0 spiro atoms. The second kappa shape index (κ2) is 8.94. The Morgan fingerprint density at radius 3 is 2.52 bits per heavy atom. The van der Waals surface area contributed by atoms with Gasteiger partial charge in [0.15, 0.2) is 5.96 Å². The highest BCUT2D eigenvalue weighted by Crippen LogP contribution is 2.22. The number of aliphatic imine (C=N–C) groups is 1. The van der Waals surface area contributed by atoms with Crippen LogP contribution in [0.4, 0.5) is 13.2 Å². The van der Waals surface area contributed by atoms with Crippen LogP contribution in [0.1, 0.15) is 25.3 Å². The van der Waals surface area contributed by atoms with E-state index in [9.17, 15) is 13.2 Å². The van der Waals surface area contributed by atoms with Crippen molar-refractivity contribution in [3.63, 3.8) is 0 Å². The van der Waals surface area contributed by atoms with Crippen molar-refractivity contribution in [3.8, 4) is 5.75 Å². The number of halogens is 3. The Balaban J connectivity index is 1.69. The van der Waals surface area contributed by atoms with E-state index in [2.05, 4.69) is 26.9 Å². The topological polar surface area (TPSA) is 62.9 Å². The molecular weight excluding hydrogens is 333 g/mol. The zero-order valence-corrected chi connectivity index (χ0v) is 14.4. The Morgan fingerprint density at radius 2 is 1.92 bits per heavy atom. The summed E-state index contributed by atoms with van der Waals surface area (Å²) in [6.45, 7) is 6.46. The summed E-state index contributed by atoms with van der Waals surface area (Å²) in [6, 6.07) is 5.60. The summed E-state index contributed by atoms with van der Waals surface area (Å²) in [7, 11) is 0. The van der Waals surface area contributed by atoms with Crippen LogP contribution in [0.2, 0.25) is 0 Å². The number of hydrogen-bond donors (Lipinski definition) is 2. The molecule has 1 aliphatic heterocycles. The highest BCUT2D eigenvalue weighted by atomic mass is 19.4. The first-order chi connectivity index (χ1) is 11.8. The van der Waals surface area contributed by atoms with Crippen molar-refractivity contribution in [2.45, 2.75) is 32.7 Å². The zero-order valence-electron chi connectivity index (χ0n) is 14.4. The Kier molecular flexibility index (Phi) is 6.92. The van der Waals surface area contributed by atoms with Crippen molar-refractivity contribution >= 4 is 5.96 Å². The number of guanidine groups is 1. The quantitative estimate of drug-likeness (QED) is 0.606. The number of hydrogen-bond acceptors (Lipinski definition) is 3. The maximum atomic E-state index is 12.1. The number of likely N-dealkylation sites (tertiary alicyclic amines) is 1. The predicted molar refractivity (Wildman–Crippen MR) is 91.3 cm³/mol. The first-order valence-corrected chi connectivity index (χ1v) is 8.42. The number of piperidine rings is 1. The number of alkyl halides is 3. The number of nitrogens with two attached hydrogens (primary N) is 1. The molecule has 1 aliphatic rings. The zero-order chi connectivity index (χ0) is 18.3. The van der Waals surface area contributed by atoms with Gasteiger partial charge in [-0.3, -0.25) is 0 Å². The van der Waals surface area contributed by atoms with E-state index in [4.69, 9.17) is 5.73 Å². The molecule has 0 bridgehead atoms. The van der Waals surface area contributed by atoms with Crippen LogP contribution >= 0.6 is 0 Å². The van der Waals surface area contributed by atoms with Crippen molar-refractivity contribution in [1.29, 1.82) is 0 Å². The molecular formula is C17H25F3N4O. The molecule has 0 atom stereocenters. The Bertz CT molecular complexity index is 552. The first-order valence-electron chi connectivity index (χ1n) is 8.42. The molecule has 1 aromatic rings. The molecule has 3 N–H and O–H groups in total. The van der Waals surface area contributed by atoms with E-state index in [1.807, 2.05) is 0 Å². The smallest absolute Gasteiger partial charge is 0.406 e. The predicted octanol–water partition coefficient (Wildman–Crippen LogP) is 2.72. The van der Waals surface area contributed by atoms with E-state index in [0.29, 0.717) is 12.5 Å². The van der Waals surface area contributed by atoms with Crippen LogP contribution in [0, 0.1) is 5.92 Å². The van der Waals surface area contributed by atoms with Crippen LogP contribution in [-0.2, 0) is 6.54 Å². The van der Waals surface area contributed by atoms with E-state index >= 15 is 0 Å². The average Bonchev–Trinajstić information content (AvgIpc) is 2.55. The lowest BCUT2D eigenvalue weighted by Gasteiger charge is -2.30. The molecule has 8 heteroatoms. The van der Waals surface area contributed by atoms with Gasteiger partial charge in [-0.15, -0.1) is 13.2 Å². The van der Waals surface area contributed by atoms with Crippen LogP contribution in [0.25, 0.3) is 0 Å². The maximum absolute atomic E-state index is 12.1. The van der Waals surface area contributed by atoms with Gasteiger partial charge < -0.3 is 20.7 Å². The molecule has 1 fully saturated rings. The molecule has 2 rings (SSSR count). The average molecular weight is 358 g/mol. The lowest BCUT2D eigenvalue weighted by molar-refractivity contribution is -0.274. The van der Waals surface area contributed by atoms with Crippen molar-refractivity contribution in [2.24, 2.45) is 16.6 Å². The number of benzene rings is 1. The summed E-state index contributed by atoms with van der Waals surface area (Å²) in [5.74, 6) is 0.895. The standard InChI is InChI=1S/C17H25F3N4O/c1-13-6-9-24(10-7-13)11-8-22-16(21)23-12-14-2-4-15(5-3-14)25-17(18,19)20/h2-5,13H,6-12H2,1H3,(H3,21,22,23). The van der Waals surface area contributed by atoms with Gasteiger partial charge in [0.05, 0.1) is 6.54 Å². The van der Waals surface area contributed by atoms with Crippen LogP contribution in [0.15, 0.2) is 29.3 Å². The van der Waals surface area contributed by atoms with Crippen LogP contribution in [0.5, 0.6) is 5.75 Å². The fourth-order valence-corrected chi connectivity index (χ4v) is 2.66. The molecule has 0 radical (unpaired) electrons. The van der Waals surface area contributed by atoms with Crippen LogP contribution in [-0.4, -0.2) is 43.4 Å². The van der Waals surface area contributed by atoms with E-state index in [1.54, 1.807) is 0 Å². The third-order valence-electron chi connectivity index (χ3n) is 4.20. The molecule has 5 nitrogen and oxygen atoms in total. The van der Waals surface area contributed by atoms with Crippen molar-refractivity contribution in [3.05, 3.63) is 29.8 Å². The lowest BCUT2D eigenvalue weighted by atomic mass is 9.99. The summed E-state index contributed by atoms with van der Waals surface area (Å²) in [5, 5.41) is 3.07. The van der Waals surface area contributed by atoms with Crippen LogP contribution in [0.3, 0.4) is 0 Å². The molecule has 0 aromatic heterocycles. The summed E-state index contributed by atoms with van der Waals surface area (Å²) in [6.07, 6.45) is -2.21. The summed E-state index contributed by atoms with van der Waals surface area (Å²) >= 11 is 0. The molecule has 0 saturated carbocycles. The summed E-state index contributed by atoms with van der Waals surface area (Å²) < 4.78 is 40.1. The van der Waals surface area contributed by atoms with Crippen molar-refractivity contribution in [1.82, 2.24) is 10.2 Å². The monoisotopic (exact) mass is 358 g/mol. The maximum Gasteiger partial charge on any atom is 0.573 e. The van der Waals surface area contributed by atoms with E-state index in [-0.39, 0.29) is 5.75 Å². The minimum atomic E-state index is -4.68. The van der Waals surface area contributed by atoms with Gasteiger partial charge in [0.25, 0.3) is 0 Å². The number of nitrogens with one attached hydrogen (secondary N) is 1. The van der Waals surface area contributed by atoms with Gasteiger partial charge >= 0.3 is 6.36 Å². The Labute approximate surface area is 146 Å². The molecule has 0 unspecified atom stereocenters. The minimum absolute atomic E-state index is 0.248. The Hall–Kier alpha value is -1.96. The molecule has 0 amide bonds. The molecule has 25 heavy (non-hydrogen) atoms. The number of ether oxygens (including phenoxy) is 1. The van der Waals surface area contributed by atoms with Crippen LogP contribution < -0.4 is 15.8 Å². The summed E-state index contributed by atoms with van der Waals surface area (Å²) in [5.41, 5.74) is 6.57.